The Bertz CT molecular complexity index is 1720. The molecule has 0 aliphatic heterocycles. The van der Waals surface area contributed by atoms with E-state index in [9.17, 15) is 18.0 Å². The van der Waals surface area contributed by atoms with Crippen LogP contribution in [0.2, 0.25) is 0 Å². The Kier molecular flexibility index (Phi) is 10.5. The van der Waals surface area contributed by atoms with Gasteiger partial charge in [-0.2, -0.15) is 5.10 Å². The van der Waals surface area contributed by atoms with E-state index in [1.165, 1.54) is 18.3 Å². The van der Waals surface area contributed by atoms with Gasteiger partial charge in [-0.1, -0.05) is 65.7 Å². The summed E-state index contributed by atoms with van der Waals surface area (Å²) in [5.74, 6) is -0.347. The summed E-state index contributed by atoms with van der Waals surface area (Å²) in [5, 5.41) is 6.91. The number of aryl methyl sites for hydroxylation is 3. The zero-order chi connectivity index (χ0) is 31.7. The maximum absolute atomic E-state index is 13.6. The highest BCUT2D eigenvalue weighted by molar-refractivity contribution is 7.92. The monoisotopic (exact) mass is 612 g/mol. The van der Waals surface area contributed by atoms with E-state index in [1.54, 1.807) is 55.5 Å². The molecule has 9 nitrogen and oxygen atoms in total. The van der Waals surface area contributed by atoms with Crippen LogP contribution in [0.4, 0.5) is 5.69 Å². The van der Waals surface area contributed by atoms with Crippen LogP contribution >= 0.6 is 0 Å². The van der Waals surface area contributed by atoms with Crippen LogP contribution in [-0.4, -0.2) is 39.6 Å². The third-order valence-electron chi connectivity index (χ3n) is 6.85. The topological polar surface area (TPSA) is 117 Å². The van der Waals surface area contributed by atoms with Crippen LogP contribution in [0.1, 0.15) is 40.8 Å². The second kappa shape index (κ2) is 14.5. The highest BCUT2D eigenvalue weighted by Gasteiger charge is 2.28. The number of nitrogens with zero attached hydrogens (tertiary/aromatic N) is 2. The first-order valence-electron chi connectivity index (χ1n) is 14.1. The number of rotatable bonds is 12. The molecule has 0 spiro atoms. The number of hydrazone groups is 1. The van der Waals surface area contributed by atoms with Crippen molar-refractivity contribution in [3.8, 4) is 5.75 Å². The molecule has 4 aromatic rings. The Morgan fingerprint density at radius 2 is 1.52 bits per heavy atom. The van der Waals surface area contributed by atoms with Gasteiger partial charge in [-0.25, -0.2) is 13.8 Å². The third-order valence-corrected chi connectivity index (χ3v) is 8.62. The molecular weight excluding hydrogens is 576 g/mol. The number of sulfonamides is 1. The van der Waals surface area contributed by atoms with Crippen molar-refractivity contribution in [3.63, 3.8) is 0 Å². The molecule has 0 saturated carbocycles. The second-order valence-electron chi connectivity index (χ2n) is 10.5. The minimum absolute atomic E-state index is 0.0878. The lowest BCUT2D eigenvalue weighted by Gasteiger charge is -2.25. The molecule has 4 aromatic carbocycles. The van der Waals surface area contributed by atoms with E-state index in [-0.39, 0.29) is 23.5 Å². The van der Waals surface area contributed by atoms with Crippen molar-refractivity contribution in [2.24, 2.45) is 5.10 Å². The molecule has 228 valence electrons. The van der Waals surface area contributed by atoms with E-state index >= 15 is 0 Å². The summed E-state index contributed by atoms with van der Waals surface area (Å²) in [7, 11) is -4.04. The van der Waals surface area contributed by atoms with Crippen molar-refractivity contribution in [1.82, 2.24) is 10.7 Å². The van der Waals surface area contributed by atoms with Crippen molar-refractivity contribution >= 4 is 33.7 Å². The summed E-state index contributed by atoms with van der Waals surface area (Å²) >= 11 is 0. The van der Waals surface area contributed by atoms with Gasteiger partial charge in [0.1, 0.15) is 12.3 Å². The lowest BCUT2D eigenvalue weighted by Crippen LogP contribution is -2.40. The quantitative estimate of drug-likeness (QED) is 0.168. The molecule has 0 bridgehead atoms. The van der Waals surface area contributed by atoms with Gasteiger partial charge >= 0.3 is 0 Å². The maximum atomic E-state index is 13.6. The van der Waals surface area contributed by atoms with Gasteiger partial charge in [0.15, 0.2) is 6.61 Å². The Hall–Kier alpha value is -4.96. The molecular formula is C34H36N4O5S. The number of hydrogen-bond donors (Lipinski definition) is 2. The molecule has 0 saturated heterocycles. The minimum Gasteiger partial charge on any atom is -0.484 e. The smallest absolute Gasteiger partial charge is 0.264 e. The zero-order valence-corrected chi connectivity index (χ0v) is 26.0. The SMILES string of the molecule is Cc1ccc(S(=O)(=O)N(CC(=O)N/N=C\c2ccc(OCC(=O)N[C@H](C)c3ccccc3)cc2)c2ccc(C)cc2C)cc1. The molecule has 0 aromatic heterocycles. The summed E-state index contributed by atoms with van der Waals surface area (Å²) in [6, 6.07) is 28.2. The number of carbonyl (C=O) groups is 2. The summed E-state index contributed by atoms with van der Waals surface area (Å²) in [4.78, 5) is 25.3. The molecule has 10 heteroatoms. The minimum atomic E-state index is -4.04. The molecule has 1 atom stereocenters. The first-order chi connectivity index (χ1) is 21.0. The Morgan fingerprint density at radius 3 is 2.18 bits per heavy atom. The van der Waals surface area contributed by atoms with Crippen molar-refractivity contribution in [2.45, 2.75) is 38.6 Å². The summed E-state index contributed by atoms with van der Waals surface area (Å²) in [6.45, 7) is 6.90. The Morgan fingerprint density at radius 1 is 0.864 bits per heavy atom. The average molecular weight is 613 g/mol. The molecule has 0 heterocycles. The van der Waals surface area contributed by atoms with Gasteiger partial charge < -0.3 is 10.1 Å². The van der Waals surface area contributed by atoms with E-state index in [2.05, 4.69) is 15.8 Å². The van der Waals surface area contributed by atoms with Gasteiger partial charge in [0.05, 0.1) is 22.8 Å². The fourth-order valence-electron chi connectivity index (χ4n) is 4.47. The number of benzene rings is 4. The fourth-order valence-corrected chi connectivity index (χ4v) is 5.96. The predicted octanol–water partition coefficient (Wildman–Crippen LogP) is 5.21. The average Bonchev–Trinajstić information content (AvgIpc) is 3.00. The zero-order valence-electron chi connectivity index (χ0n) is 25.2. The highest BCUT2D eigenvalue weighted by atomic mass is 32.2. The molecule has 0 aliphatic rings. The van der Waals surface area contributed by atoms with Gasteiger partial charge in [-0.3, -0.25) is 13.9 Å². The van der Waals surface area contributed by atoms with Crippen LogP contribution < -0.4 is 19.8 Å². The number of amides is 2. The van der Waals surface area contributed by atoms with Crippen LogP contribution in [0, 0.1) is 20.8 Å². The maximum Gasteiger partial charge on any atom is 0.264 e. The van der Waals surface area contributed by atoms with Gasteiger partial charge in [0.25, 0.3) is 21.8 Å². The van der Waals surface area contributed by atoms with Crippen LogP contribution in [-0.2, 0) is 19.6 Å². The van der Waals surface area contributed by atoms with E-state index in [4.69, 9.17) is 4.74 Å². The van der Waals surface area contributed by atoms with Crippen LogP contribution in [0.15, 0.2) is 107 Å². The summed E-state index contributed by atoms with van der Waals surface area (Å²) in [6.07, 6.45) is 1.44. The van der Waals surface area contributed by atoms with Crippen molar-refractivity contribution in [2.75, 3.05) is 17.5 Å². The lowest BCUT2D eigenvalue weighted by molar-refractivity contribution is -0.123. The summed E-state index contributed by atoms with van der Waals surface area (Å²) < 4.78 is 33.9. The van der Waals surface area contributed by atoms with E-state index in [1.807, 2.05) is 57.2 Å². The first kappa shape index (κ1) is 32.0. The van der Waals surface area contributed by atoms with E-state index < -0.39 is 22.5 Å². The number of anilines is 1. The van der Waals surface area contributed by atoms with Gasteiger partial charge in [-0.05, 0) is 86.8 Å². The standard InChI is InChI=1S/C34H36N4O5S/c1-24-10-17-31(18-11-24)44(41,42)38(32-19-12-25(2)20-26(32)3)22-33(39)37-35-21-28-13-15-30(16-14-28)43-23-34(40)36-27(4)29-8-6-5-7-9-29/h5-21,27H,22-23H2,1-4H3,(H,36,40)(H,37,39)/b35-21-/t27-/m1/s1. The van der Waals surface area contributed by atoms with Crippen LogP contribution in [0.5, 0.6) is 5.75 Å². The molecule has 0 radical (unpaired) electrons. The molecule has 44 heavy (non-hydrogen) atoms. The Balaban J connectivity index is 1.35. The van der Waals surface area contributed by atoms with Gasteiger partial charge in [0, 0.05) is 0 Å². The first-order valence-corrected chi connectivity index (χ1v) is 15.5. The van der Waals surface area contributed by atoms with Crippen LogP contribution in [0.3, 0.4) is 0 Å². The van der Waals surface area contributed by atoms with Crippen molar-refractivity contribution in [3.05, 3.63) is 125 Å². The Labute approximate surface area is 258 Å². The van der Waals surface area contributed by atoms with Crippen molar-refractivity contribution in [1.29, 1.82) is 0 Å². The van der Waals surface area contributed by atoms with Gasteiger partial charge in [-0.15, -0.1) is 0 Å². The largest absolute Gasteiger partial charge is 0.484 e. The third kappa shape index (κ3) is 8.54. The number of ether oxygens (including phenoxy) is 1. The van der Waals surface area contributed by atoms with Gasteiger partial charge in [0.2, 0.25) is 0 Å². The highest BCUT2D eigenvalue weighted by Crippen LogP contribution is 2.27. The van der Waals surface area contributed by atoms with E-state index in [0.29, 0.717) is 17.0 Å². The number of carbonyl (C=O) groups excluding carboxylic acids is 2. The number of hydrogen-bond acceptors (Lipinski definition) is 6. The molecule has 2 amide bonds. The summed E-state index contributed by atoms with van der Waals surface area (Å²) in [5.41, 5.74) is 7.13. The second-order valence-corrected chi connectivity index (χ2v) is 12.3. The normalized spacial score (nSPS) is 12.0. The molecule has 2 N–H and O–H groups in total. The van der Waals surface area contributed by atoms with E-state index in [0.717, 1.165) is 26.6 Å². The fraction of sp³-hybridized carbons (Fsp3) is 0.206. The molecule has 0 aliphatic carbocycles. The molecule has 0 fully saturated rings. The van der Waals surface area contributed by atoms with Crippen LogP contribution in [0.25, 0.3) is 0 Å². The lowest BCUT2D eigenvalue weighted by atomic mass is 10.1. The van der Waals surface area contributed by atoms with Crippen molar-refractivity contribution < 1.29 is 22.7 Å². The predicted molar refractivity (Wildman–Crippen MR) is 172 cm³/mol. The molecule has 4 rings (SSSR count). The number of nitrogens with one attached hydrogen (secondary N) is 2. The molecule has 0 unspecified atom stereocenters.